The molecule has 2 amide bonds. The van der Waals surface area contributed by atoms with Crippen molar-refractivity contribution in [3.8, 4) is 0 Å². The van der Waals surface area contributed by atoms with E-state index in [1.165, 1.54) is 12.1 Å². The van der Waals surface area contributed by atoms with Gasteiger partial charge in [-0.25, -0.2) is 13.6 Å². The monoisotopic (exact) mass is 407 g/mol. The standard InChI is InChI=1S/C20H20ClF2N3O2/c1-2-24-20(27)26(11-13-5-3-4-6-17(13)21)12-15-10-19(25-28-15)16-8-7-14(22)9-18(16)23/h3-9,15H,2,10-12H2,1H3,(H,24,27)/t15-/m0/s1. The maximum Gasteiger partial charge on any atom is 0.317 e. The van der Waals surface area contributed by atoms with Crippen molar-refractivity contribution < 1.29 is 18.4 Å². The second-order valence-electron chi connectivity index (χ2n) is 6.40. The van der Waals surface area contributed by atoms with Crippen LogP contribution in [0.15, 0.2) is 47.6 Å². The van der Waals surface area contributed by atoms with Gasteiger partial charge in [0.05, 0.1) is 12.3 Å². The lowest BCUT2D eigenvalue weighted by Crippen LogP contribution is -2.43. The van der Waals surface area contributed by atoms with Crippen LogP contribution in [0.3, 0.4) is 0 Å². The first-order valence-corrected chi connectivity index (χ1v) is 9.30. The molecule has 148 valence electrons. The van der Waals surface area contributed by atoms with Crippen LogP contribution in [-0.2, 0) is 11.4 Å². The van der Waals surface area contributed by atoms with Gasteiger partial charge < -0.3 is 15.1 Å². The van der Waals surface area contributed by atoms with Crippen LogP contribution in [0.1, 0.15) is 24.5 Å². The van der Waals surface area contributed by atoms with E-state index < -0.39 is 17.7 Å². The summed E-state index contributed by atoms with van der Waals surface area (Å²) in [6.45, 7) is 2.85. The first kappa shape index (κ1) is 20.1. The Morgan fingerprint density at radius 1 is 1.32 bits per heavy atom. The number of benzene rings is 2. The summed E-state index contributed by atoms with van der Waals surface area (Å²) in [5.74, 6) is -1.35. The van der Waals surface area contributed by atoms with Gasteiger partial charge in [0.15, 0.2) is 6.10 Å². The smallest absolute Gasteiger partial charge is 0.317 e. The van der Waals surface area contributed by atoms with E-state index in [0.29, 0.717) is 30.2 Å². The molecule has 5 nitrogen and oxygen atoms in total. The zero-order valence-corrected chi connectivity index (χ0v) is 16.0. The zero-order chi connectivity index (χ0) is 20.1. The molecule has 2 aromatic carbocycles. The number of rotatable bonds is 6. The SMILES string of the molecule is CCNC(=O)N(Cc1ccccc1Cl)C[C@@H]1CC(c2ccc(F)cc2F)=NO1. The van der Waals surface area contributed by atoms with Crippen LogP contribution in [-0.4, -0.2) is 35.8 Å². The van der Waals surface area contributed by atoms with Crippen LogP contribution in [0.4, 0.5) is 13.6 Å². The summed E-state index contributed by atoms with van der Waals surface area (Å²) in [4.78, 5) is 19.4. The van der Waals surface area contributed by atoms with E-state index >= 15 is 0 Å². The van der Waals surface area contributed by atoms with E-state index in [4.69, 9.17) is 16.4 Å². The lowest BCUT2D eigenvalue weighted by atomic mass is 10.0. The Bertz CT molecular complexity index is 892. The summed E-state index contributed by atoms with van der Waals surface area (Å²) in [6.07, 6.45) is -0.134. The molecule has 0 radical (unpaired) electrons. The minimum Gasteiger partial charge on any atom is -0.390 e. The third kappa shape index (κ3) is 4.78. The molecule has 0 spiro atoms. The molecule has 0 saturated heterocycles. The Labute approximate surface area is 166 Å². The minimum absolute atomic E-state index is 0.194. The third-order valence-electron chi connectivity index (χ3n) is 4.33. The molecule has 3 rings (SSSR count). The first-order chi connectivity index (χ1) is 13.5. The lowest BCUT2D eigenvalue weighted by Gasteiger charge is -2.25. The topological polar surface area (TPSA) is 53.9 Å². The van der Waals surface area contributed by atoms with Crippen LogP contribution in [0.2, 0.25) is 5.02 Å². The molecule has 0 fully saturated rings. The van der Waals surface area contributed by atoms with Crippen molar-refractivity contribution in [3.05, 3.63) is 70.2 Å². The van der Waals surface area contributed by atoms with Crippen molar-refractivity contribution in [3.63, 3.8) is 0 Å². The number of hydrogen-bond donors (Lipinski definition) is 1. The van der Waals surface area contributed by atoms with E-state index in [2.05, 4.69) is 10.5 Å². The molecule has 1 aliphatic heterocycles. The average molecular weight is 408 g/mol. The number of carbonyl (C=O) groups is 1. The van der Waals surface area contributed by atoms with Gasteiger partial charge in [-0.1, -0.05) is 35.0 Å². The molecule has 0 bridgehead atoms. The highest BCUT2D eigenvalue weighted by Crippen LogP contribution is 2.22. The van der Waals surface area contributed by atoms with E-state index in [0.717, 1.165) is 11.6 Å². The molecular formula is C20H20ClF2N3O2. The predicted octanol–water partition coefficient (Wildman–Crippen LogP) is 4.34. The molecular weight excluding hydrogens is 388 g/mol. The summed E-state index contributed by atoms with van der Waals surface area (Å²) in [7, 11) is 0. The summed E-state index contributed by atoms with van der Waals surface area (Å²) >= 11 is 6.22. The average Bonchev–Trinajstić information content (AvgIpc) is 3.11. The summed E-state index contributed by atoms with van der Waals surface area (Å²) in [5.41, 5.74) is 1.38. The number of amides is 2. The van der Waals surface area contributed by atoms with E-state index in [9.17, 15) is 13.6 Å². The number of carbonyl (C=O) groups excluding carboxylic acids is 1. The number of urea groups is 1. The van der Waals surface area contributed by atoms with Crippen molar-refractivity contribution in [2.45, 2.75) is 26.0 Å². The Kier molecular flexibility index (Phi) is 6.46. The van der Waals surface area contributed by atoms with Crippen molar-refractivity contribution in [2.75, 3.05) is 13.1 Å². The highest BCUT2D eigenvalue weighted by atomic mass is 35.5. The van der Waals surface area contributed by atoms with Crippen LogP contribution in [0, 0.1) is 11.6 Å². The van der Waals surface area contributed by atoms with Crippen molar-refractivity contribution in [1.82, 2.24) is 10.2 Å². The minimum atomic E-state index is -0.695. The predicted molar refractivity (Wildman–Crippen MR) is 103 cm³/mol. The van der Waals surface area contributed by atoms with Crippen molar-refractivity contribution >= 4 is 23.3 Å². The summed E-state index contributed by atoms with van der Waals surface area (Å²) in [6, 6.07) is 10.3. The molecule has 0 unspecified atom stereocenters. The Morgan fingerprint density at radius 3 is 2.82 bits per heavy atom. The van der Waals surface area contributed by atoms with Crippen LogP contribution in [0.5, 0.6) is 0 Å². The summed E-state index contributed by atoms with van der Waals surface area (Å²) in [5, 5.41) is 7.26. The summed E-state index contributed by atoms with van der Waals surface area (Å²) < 4.78 is 27.1. The van der Waals surface area contributed by atoms with Gasteiger partial charge in [0, 0.05) is 36.2 Å². The number of nitrogens with zero attached hydrogens (tertiary/aromatic N) is 2. The van der Waals surface area contributed by atoms with Crippen molar-refractivity contribution in [2.24, 2.45) is 5.16 Å². The van der Waals surface area contributed by atoms with Gasteiger partial charge in [-0.15, -0.1) is 0 Å². The fraction of sp³-hybridized carbons (Fsp3) is 0.300. The maximum atomic E-state index is 14.0. The molecule has 0 aromatic heterocycles. The lowest BCUT2D eigenvalue weighted by molar-refractivity contribution is 0.0590. The number of nitrogens with one attached hydrogen (secondary N) is 1. The fourth-order valence-corrected chi connectivity index (χ4v) is 3.16. The molecule has 1 atom stereocenters. The Hall–Kier alpha value is -2.67. The van der Waals surface area contributed by atoms with E-state index in [1.807, 2.05) is 25.1 Å². The van der Waals surface area contributed by atoms with Crippen LogP contribution >= 0.6 is 11.6 Å². The van der Waals surface area contributed by atoms with Crippen molar-refractivity contribution in [1.29, 1.82) is 0 Å². The maximum absolute atomic E-state index is 14.0. The Balaban J connectivity index is 1.70. The molecule has 0 saturated carbocycles. The van der Waals surface area contributed by atoms with Gasteiger partial charge in [0.1, 0.15) is 11.6 Å². The third-order valence-corrected chi connectivity index (χ3v) is 4.70. The number of hydrogen-bond acceptors (Lipinski definition) is 3. The Morgan fingerprint density at radius 2 is 2.11 bits per heavy atom. The van der Waals surface area contributed by atoms with E-state index in [1.54, 1.807) is 11.0 Å². The largest absolute Gasteiger partial charge is 0.390 e. The molecule has 8 heteroatoms. The molecule has 28 heavy (non-hydrogen) atoms. The van der Waals surface area contributed by atoms with Gasteiger partial charge in [-0.05, 0) is 30.7 Å². The number of halogens is 3. The van der Waals surface area contributed by atoms with Gasteiger partial charge in [-0.3, -0.25) is 0 Å². The molecule has 2 aromatic rings. The van der Waals surface area contributed by atoms with Crippen LogP contribution in [0.25, 0.3) is 0 Å². The second-order valence-corrected chi connectivity index (χ2v) is 6.81. The highest BCUT2D eigenvalue weighted by molar-refractivity contribution is 6.31. The van der Waals surface area contributed by atoms with Gasteiger partial charge in [-0.2, -0.15) is 0 Å². The van der Waals surface area contributed by atoms with Crippen LogP contribution < -0.4 is 5.32 Å². The first-order valence-electron chi connectivity index (χ1n) is 8.92. The normalized spacial score (nSPS) is 15.7. The second kappa shape index (κ2) is 9.01. The fourth-order valence-electron chi connectivity index (χ4n) is 2.97. The highest BCUT2D eigenvalue weighted by Gasteiger charge is 2.28. The number of oxime groups is 1. The van der Waals surface area contributed by atoms with Gasteiger partial charge >= 0.3 is 6.03 Å². The van der Waals surface area contributed by atoms with Gasteiger partial charge in [0.2, 0.25) is 0 Å². The zero-order valence-electron chi connectivity index (χ0n) is 15.3. The molecule has 0 aliphatic carbocycles. The van der Waals surface area contributed by atoms with Gasteiger partial charge in [0.25, 0.3) is 0 Å². The van der Waals surface area contributed by atoms with E-state index in [-0.39, 0.29) is 18.1 Å². The molecule has 1 N–H and O–H groups in total. The molecule has 1 aliphatic rings. The molecule has 1 heterocycles. The quantitative estimate of drug-likeness (QED) is 0.774.